The van der Waals surface area contributed by atoms with Gasteiger partial charge in [-0.25, -0.2) is 0 Å². The molecule has 2 heterocycles. The van der Waals surface area contributed by atoms with Crippen LogP contribution in [0.4, 0.5) is 5.69 Å². The summed E-state index contributed by atoms with van der Waals surface area (Å²) in [5, 5.41) is 3.93. The zero-order chi connectivity index (χ0) is 21.8. The molecule has 2 amide bonds. The highest BCUT2D eigenvalue weighted by Crippen LogP contribution is 2.28. The van der Waals surface area contributed by atoms with Gasteiger partial charge in [-0.05, 0) is 42.7 Å². The van der Waals surface area contributed by atoms with Crippen LogP contribution < -0.4 is 15.0 Å². The van der Waals surface area contributed by atoms with Gasteiger partial charge in [0.2, 0.25) is 11.8 Å². The number of anilines is 1. The fraction of sp³-hybridized carbons (Fsp3) is 0.417. The normalized spacial score (nSPS) is 20.1. The van der Waals surface area contributed by atoms with E-state index in [0.29, 0.717) is 12.3 Å². The Morgan fingerprint density at radius 2 is 1.90 bits per heavy atom. The zero-order valence-corrected chi connectivity index (χ0v) is 18.5. The summed E-state index contributed by atoms with van der Waals surface area (Å²) in [4.78, 5) is 29.4. The Morgan fingerprint density at radius 1 is 1.16 bits per heavy atom. The molecular formula is C24H28ClN3O3. The molecule has 2 aromatic carbocycles. The summed E-state index contributed by atoms with van der Waals surface area (Å²) in [7, 11) is 1.60. The number of halogens is 1. The van der Waals surface area contributed by atoms with Gasteiger partial charge in [0.25, 0.3) is 0 Å². The van der Waals surface area contributed by atoms with E-state index in [0.717, 1.165) is 43.2 Å². The smallest absolute Gasteiger partial charge is 0.227 e. The van der Waals surface area contributed by atoms with Crippen LogP contribution in [0.25, 0.3) is 0 Å². The van der Waals surface area contributed by atoms with Crippen LogP contribution in [0.2, 0.25) is 5.02 Å². The van der Waals surface area contributed by atoms with Crippen molar-refractivity contribution in [1.29, 1.82) is 0 Å². The molecule has 4 rings (SSSR count). The van der Waals surface area contributed by atoms with E-state index in [1.54, 1.807) is 12.0 Å². The van der Waals surface area contributed by atoms with Gasteiger partial charge in [0.1, 0.15) is 5.75 Å². The third-order valence-corrected chi connectivity index (χ3v) is 6.37. The van der Waals surface area contributed by atoms with Crippen molar-refractivity contribution in [2.75, 3.05) is 31.6 Å². The second-order valence-corrected chi connectivity index (χ2v) is 8.73. The van der Waals surface area contributed by atoms with Crippen LogP contribution >= 0.6 is 11.6 Å². The Hall–Kier alpha value is -2.57. The summed E-state index contributed by atoms with van der Waals surface area (Å²) in [6.07, 6.45) is 2.08. The minimum Gasteiger partial charge on any atom is -0.497 e. The molecule has 2 aromatic rings. The molecule has 31 heavy (non-hydrogen) atoms. The molecule has 2 aliphatic rings. The van der Waals surface area contributed by atoms with Gasteiger partial charge in [0.15, 0.2) is 0 Å². The fourth-order valence-corrected chi connectivity index (χ4v) is 4.44. The summed E-state index contributed by atoms with van der Waals surface area (Å²) in [5.41, 5.74) is 2.02. The Balaban J connectivity index is 1.26. The lowest BCUT2D eigenvalue weighted by Gasteiger charge is -2.32. The number of likely N-dealkylation sites (tertiary alicyclic amines) is 1. The Labute approximate surface area is 188 Å². The summed E-state index contributed by atoms with van der Waals surface area (Å²) in [6.45, 7) is 3.18. The molecule has 2 aliphatic heterocycles. The van der Waals surface area contributed by atoms with Crippen molar-refractivity contribution in [2.45, 2.75) is 31.8 Å². The number of amides is 2. The minimum atomic E-state index is -0.314. The number of carbonyl (C=O) groups is 2. The van der Waals surface area contributed by atoms with E-state index in [9.17, 15) is 9.59 Å². The van der Waals surface area contributed by atoms with Crippen LogP contribution in [0, 0.1) is 5.92 Å². The lowest BCUT2D eigenvalue weighted by molar-refractivity contribution is -0.127. The highest BCUT2D eigenvalue weighted by Gasteiger charge is 2.36. The van der Waals surface area contributed by atoms with E-state index in [-0.39, 0.29) is 30.2 Å². The number of nitrogens with one attached hydrogen (secondary N) is 1. The molecule has 1 N–H and O–H groups in total. The van der Waals surface area contributed by atoms with Crippen LogP contribution in [0.1, 0.15) is 24.8 Å². The molecule has 6 nitrogen and oxygen atoms in total. The maximum Gasteiger partial charge on any atom is 0.227 e. The van der Waals surface area contributed by atoms with Crippen LogP contribution in [0.3, 0.4) is 0 Å². The van der Waals surface area contributed by atoms with Gasteiger partial charge in [0, 0.05) is 55.4 Å². The van der Waals surface area contributed by atoms with Crippen LogP contribution in [-0.2, 0) is 16.1 Å². The Bertz CT molecular complexity index is 926. The first kappa shape index (κ1) is 21.7. The first-order chi connectivity index (χ1) is 15.0. The number of nitrogens with zero attached hydrogens (tertiary/aromatic N) is 2. The lowest BCUT2D eigenvalue weighted by Crippen LogP contribution is -2.46. The minimum absolute atomic E-state index is 0.0186. The van der Waals surface area contributed by atoms with Gasteiger partial charge in [-0.3, -0.25) is 14.5 Å². The monoisotopic (exact) mass is 441 g/mol. The average molecular weight is 442 g/mol. The van der Waals surface area contributed by atoms with Gasteiger partial charge >= 0.3 is 0 Å². The second kappa shape index (κ2) is 9.71. The van der Waals surface area contributed by atoms with Gasteiger partial charge in [-0.15, -0.1) is 0 Å². The Morgan fingerprint density at radius 3 is 2.61 bits per heavy atom. The van der Waals surface area contributed by atoms with Gasteiger partial charge in [-0.1, -0.05) is 29.8 Å². The topological polar surface area (TPSA) is 61.9 Å². The summed E-state index contributed by atoms with van der Waals surface area (Å²) in [6, 6.07) is 15.5. The maximum absolute atomic E-state index is 12.8. The maximum atomic E-state index is 12.8. The molecule has 0 bridgehead atoms. The molecule has 0 saturated carbocycles. The molecule has 7 heteroatoms. The predicted molar refractivity (Wildman–Crippen MR) is 121 cm³/mol. The summed E-state index contributed by atoms with van der Waals surface area (Å²) >= 11 is 5.96. The summed E-state index contributed by atoms with van der Waals surface area (Å²) in [5.74, 6) is 0.343. The number of hydrogen-bond donors (Lipinski definition) is 1. The van der Waals surface area contributed by atoms with Crippen LogP contribution in [0.15, 0.2) is 48.5 Å². The molecule has 2 fully saturated rings. The highest BCUT2D eigenvalue weighted by molar-refractivity contribution is 6.30. The van der Waals surface area contributed by atoms with Crippen molar-refractivity contribution in [3.63, 3.8) is 0 Å². The van der Waals surface area contributed by atoms with Crippen molar-refractivity contribution >= 4 is 29.1 Å². The molecule has 1 unspecified atom stereocenters. The molecule has 0 aromatic heterocycles. The third-order valence-electron chi connectivity index (χ3n) is 6.11. The van der Waals surface area contributed by atoms with E-state index < -0.39 is 0 Å². The van der Waals surface area contributed by atoms with Crippen molar-refractivity contribution in [3.05, 3.63) is 59.1 Å². The third kappa shape index (κ3) is 5.38. The second-order valence-electron chi connectivity index (χ2n) is 8.29. The fourth-order valence-electron chi connectivity index (χ4n) is 4.31. The average Bonchev–Trinajstić information content (AvgIpc) is 3.18. The van der Waals surface area contributed by atoms with E-state index in [1.807, 2.05) is 36.4 Å². The van der Waals surface area contributed by atoms with Gasteiger partial charge < -0.3 is 15.0 Å². The van der Waals surface area contributed by atoms with Crippen molar-refractivity contribution in [2.24, 2.45) is 5.92 Å². The molecule has 0 radical (unpaired) electrons. The van der Waals surface area contributed by atoms with Crippen LogP contribution in [-0.4, -0.2) is 49.5 Å². The predicted octanol–water partition coefficient (Wildman–Crippen LogP) is 3.48. The van der Waals surface area contributed by atoms with Gasteiger partial charge in [-0.2, -0.15) is 0 Å². The van der Waals surface area contributed by atoms with E-state index >= 15 is 0 Å². The highest BCUT2D eigenvalue weighted by atomic mass is 35.5. The van der Waals surface area contributed by atoms with E-state index in [1.165, 1.54) is 5.56 Å². The van der Waals surface area contributed by atoms with E-state index in [4.69, 9.17) is 16.3 Å². The number of benzene rings is 2. The quantitative estimate of drug-likeness (QED) is 0.745. The molecule has 0 spiro atoms. The molecule has 164 valence electrons. The SMILES string of the molecule is COc1cccc(N2CC(C(=O)NC3CCN(Cc4ccc(Cl)cc4)CC3)CC2=O)c1. The first-order valence-corrected chi connectivity index (χ1v) is 11.1. The number of hydrogen-bond acceptors (Lipinski definition) is 4. The number of ether oxygens (including phenoxy) is 1. The molecule has 2 saturated heterocycles. The number of methoxy groups -OCH3 is 1. The van der Waals surface area contributed by atoms with Crippen molar-refractivity contribution in [1.82, 2.24) is 10.2 Å². The number of carbonyl (C=O) groups excluding carboxylic acids is 2. The molecule has 0 aliphatic carbocycles. The molecular weight excluding hydrogens is 414 g/mol. The van der Waals surface area contributed by atoms with E-state index in [2.05, 4.69) is 22.3 Å². The Kier molecular flexibility index (Phi) is 6.78. The molecule has 1 atom stereocenters. The van der Waals surface area contributed by atoms with Crippen molar-refractivity contribution < 1.29 is 14.3 Å². The lowest BCUT2D eigenvalue weighted by atomic mass is 10.0. The number of piperidine rings is 1. The first-order valence-electron chi connectivity index (χ1n) is 10.7. The largest absolute Gasteiger partial charge is 0.497 e. The van der Waals surface area contributed by atoms with Crippen molar-refractivity contribution in [3.8, 4) is 5.75 Å². The zero-order valence-electron chi connectivity index (χ0n) is 17.7. The van der Waals surface area contributed by atoms with Crippen LogP contribution in [0.5, 0.6) is 5.75 Å². The summed E-state index contributed by atoms with van der Waals surface area (Å²) < 4.78 is 5.25. The van der Waals surface area contributed by atoms with Gasteiger partial charge in [0.05, 0.1) is 13.0 Å². The standard InChI is InChI=1S/C24H28ClN3O3/c1-31-22-4-2-3-21(14-22)28-16-18(13-23(28)29)24(30)26-20-9-11-27(12-10-20)15-17-5-7-19(25)8-6-17/h2-8,14,18,20H,9-13,15-16H2,1H3,(H,26,30). The number of rotatable bonds is 6.